The first-order valence-electron chi connectivity index (χ1n) is 14.5. The summed E-state index contributed by atoms with van der Waals surface area (Å²) in [5, 5.41) is 16.2. The number of fused-ring (bicyclic) bond motifs is 1. The van der Waals surface area contributed by atoms with Gasteiger partial charge in [0.05, 0.1) is 24.6 Å². The van der Waals surface area contributed by atoms with E-state index in [0.29, 0.717) is 53.4 Å². The van der Waals surface area contributed by atoms with Crippen LogP contribution in [0.25, 0.3) is 23.2 Å². The normalized spacial score (nSPS) is 13.7. The van der Waals surface area contributed by atoms with Gasteiger partial charge in [0.25, 0.3) is 17.7 Å². The van der Waals surface area contributed by atoms with Crippen molar-refractivity contribution in [3.63, 3.8) is 0 Å². The van der Waals surface area contributed by atoms with Gasteiger partial charge >= 0.3 is 0 Å². The van der Waals surface area contributed by atoms with Crippen LogP contribution in [0.1, 0.15) is 42.5 Å². The van der Waals surface area contributed by atoms with Gasteiger partial charge in [0.1, 0.15) is 22.4 Å². The van der Waals surface area contributed by atoms with Crippen molar-refractivity contribution in [1.29, 1.82) is 0 Å². The molecule has 2 aromatic carbocycles. The fourth-order valence-electron chi connectivity index (χ4n) is 4.94. The van der Waals surface area contributed by atoms with Gasteiger partial charge < -0.3 is 30.2 Å². The van der Waals surface area contributed by atoms with Crippen molar-refractivity contribution in [3.8, 4) is 0 Å². The molecule has 0 atom stereocenters. The summed E-state index contributed by atoms with van der Waals surface area (Å²) in [6.07, 6.45) is 7.09. The van der Waals surface area contributed by atoms with E-state index in [9.17, 15) is 14.4 Å². The molecule has 230 valence electrons. The lowest BCUT2D eigenvalue weighted by Crippen LogP contribution is -2.41. The number of hydrogen-bond donors (Lipinski definition) is 4. The number of H-pyrrole nitrogens is 1. The van der Waals surface area contributed by atoms with Crippen LogP contribution in [0.5, 0.6) is 0 Å². The van der Waals surface area contributed by atoms with Gasteiger partial charge in [-0.05, 0) is 57.8 Å². The summed E-state index contributed by atoms with van der Waals surface area (Å²) >= 11 is 0. The lowest BCUT2D eigenvalue weighted by atomic mass is 10.1. The molecule has 0 unspecified atom stereocenters. The van der Waals surface area contributed by atoms with Crippen LogP contribution in [0.2, 0.25) is 0 Å². The Morgan fingerprint density at radius 3 is 2.42 bits per heavy atom. The summed E-state index contributed by atoms with van der Waals surface area (Å²) in [6, 6.07) is 15.9. The van der Waals surface area contributed by atoms with Crippen LogP contribution in [-0.4, -0.2) is 81.9 Å². The maximum absolute atomic E-state index is 12.9. The summed E-state index contributed by atoms with van der Waals surface area (Å²) in [6.45, 7) is 4.40. The molecule has 4 N–H and O–H groups in total. The maximum Gasteiger partial charge on any atom is 0.272 e. The molecule has 3 aromatic heterocycles. The number of carbonyl (C=O) groups is 3. The predicted octanol–water partition coefficient (Wildman–Crippen LogP) is 3.63. The van der Waals surface area contributed by atoms with Gasteiger partial charge in [-0.3, -0.25) is 19.3 Å². The number of aryl methyl sites for hydroxylation is 1. The highest BCUT2D eigenvalue weighted by atomic mass is 16.6. The molecule has 1 saturated heterocycles. The fourth-order valence-corrected chi connectivity index (χ4v) is 4.94. The van der Waals surface area contributed by atoms with Gasteiger partial charge in [-0.15, -0.1) is 0 Å². The van der Waals surface area contributed by atoms with Crippen molar-refractivity contribution >= 4 is 52.3 Å². The molecule has 13 nitrogen and oxygen atoms in total. The van der Waals surface area contributed by atoms with E-state index >= 15 is 0 Å². The van der Waals surface area contributed by atoms with Gasteiger partial charge in [0.15, 0.2) is 0 Å². The van der Waals surface area contributed by atoms with Gasteiger partial charge in [0, 0.05) is 51.2 Å². The number of anilines is 2. The number of hydrogen-bond acceptors (Lipinski definition) is 8. The van der Waals surface area contributed by atoms with Crippen LogP contribution in [0.3, 0.4) is 0 Å². The Labute approximate surface area is 258 Å². The minimum absolute atomic E-state index is 0.220. The van der Waals surface area contributed by atoms with E-state index in [1.807, 2.05) is 42.5 Å². The zero-order valence-corrected chi connectivity index (χ0v) is 24.6. The Bertz CT molecular complexity index is 1850. The minimum atomic E-state index is -0.407. The molecule has 0 radical (unpaired) electrons. The van der Waals surface area contributed by atoms with E-state index in [0.717, 1.165) is 30.8 Å². The van der Waals surface area contributed by atoms with Gasteiger partial charge in [-0.25, -0.2) is 4.63 Å². The van der Waals surface area contributed by atoms with Crippen molar-refractivity contribution in [2.24, 2.45) is 7.05 Å². The maximum atomic E-state index is 12.9. The van der Waals surface area contributed by atoms with Crippen molar-refractivity contribution in [3.05, 3.63) is 95.1 Å². The van der Waals surface area contributed by atoms with Gasteiger partial charge in [0.2, 0.25) is 0 Å². The van der Waals surface area contributed by atoms with Crippen LogP contribution in [-0.2, 0) is 11.8 Å². The fraction of sp³-hybridized carbons (Fsp3) is 0.219. The van der Waals surface area contributed by atoms with Crippen molar-refractivity contribution in [2.75, 3.05) is 50.0 Å². The molecular formula is C32H32N8O5. The molecule has 0 spiro atoms. The number of ether oxygens (including phenoxy) is 1. The number of nitrogens with one attached hydrogen (secondary N) is 4. The van der Waals surface area contributed by atoms with Crippen molar-refractivity contribution < 1.29 is 23.7 Å². The highest BCUT2D eigenvalue weighted by Gasteiger charge is 2.17. The Hall–Kier alpha value is -5.53. The largest absolute Gasteiger partial charge is 0.379 e. The molecule has 1 aliphatic rings. The number of aromatic nitrogens is 4. The van der Waals surface area contributed by atoms with Crippen LogP contribution in [0.4, 0.5) is 11.4 Å². The van der Waals surface area contributed by atoms with Crippen LogP contribution >= 0.6 is 0 Å². The number of amides is 3. The topological polar surface area (TPSA) is 159 Å². The minimum Gasteiger partial charge on any atom is -0.379 e. The monoisotopic (exact) mass is 608 g/mol. The third kappa shape index (κ3) is 7.34. The standard InChI is InChI=1S/C32H32N8O5/c1-39-20-25(18-29(39)32(43)33-10-11-40-12-14-44-15-13-40)36-31(42)28-17-24(19-34-28)35-30(41)23-7-4-21(5-8-23)2-3-22-6-9-26-27(16-22)38-45-37-26/h2-9,16-20,34H,10-15H2,1H3,(H,33,43)(H,35,41)(H,36,42)/b3-2+. The third-order valence-corrected chi connectivity index (χ3v) is 7.42. The molecule has 1 aliphatic heterocycles. The summed E-state index contributed by atoms with van der Waals surface area (Å²) in [7, 11) is 1.75. The van der Waals surface area contributed by atoms with Crippen LogP contribution < -0.4 is 16.0 Å². The first-order valence-corrected chi connectivity index (χ1v) is 14.5. The highest BCUT2D eigenvalue weighted by Crippen LogP contribution is 2.18. The SMILES string of the molecule is Cn1cc(NC(=O)c2cc(NC(=O)c3ccc(/C=C/c4ccc5nonc5c4)cc3)c[nH]2)cc1C(=O)NCCN1CCOCC1. The number of aromatic amines is 1. The molecule has 0 aliphatic carbocycles. The van der Waals surface area contributed by atoms with Crippen LogP contribution in [0.15, 0.2) is 71.6 Å². The van der Waals surface area contributed by atoms with Crippen molar-refractivity contribution in [2.45, 2.75) is 0 Å². The molecule has 0 saturated carbocycles. The Morgan fingerprint density at radius 1 is 0.867 bits per heavy atom. The van der Waals surface area contributed by atoms with E-state index in [1.54, 1.807) is 48.3 Å². The summed E-state index contributed by atoms with van der Waals surface area (Å²) < 4.78 is 11.7. The van der Waals surface area contributed by atoms with Gasteiger partial charge in [-0.2, -0.15) is 0 Å². The molecular weight excluding hydrogens is 576 g/mol. The molecule has 0 bridgehead atoms. The average molecular weight is 609 g/mol. The average Bonchev–Trinajstić information content (AvgIpc) is 3.80. The second-order valence-corrected chi connectivity index (χ2v) is 10.6. The number of carbonyl (C=O) groups excluding carboxylic acids is 3. The zero-order valence-electron chi connectivity index (χ0n) is 24.6. The third-order valence-electron chi connectivity index (χ3n) is 7.42. The number of nitrogens with zero attached hydrogens (tertiary/aromatic N) is 4. The molecule has 1 fully saturated rings. The molecule has 13 heteroatoms. The molecule has 6 rings (SSSR count). The lowest BCUT2D eigenvalue weighted by Gasteiger charge is -2.26. The Balaban J connectivity index is 0.995. The lowest BCUT2D eigenvalue weighted by molar-refractivity contribution is 0.0383. The highest BCUT2D eigenvalue weighted by molar-refractivity contribution is 6.07. The molecule has 3 amide bonds. The number of benzene rings is 2. The molecule has 45 heavy (non-hydrogen) atoms. The van der Waals surface area contributed by atoms with E-state index in [-0.39, 0.29) is 17.5 Å². The number of rotatable bonds is 10. The van der Waals surface area contributed by atoms with E-state index in [2.05, 4.69) is 36.1 Å². The summed E-state index contributed by atoms with van der Waals surface area (Å²) in [5.74, 6) is -0.939. The second-order valence-electron chi connectivity index (χ2n) is 10.6. The van der Waals surface area contributed by atoms with Crippen molar-refractivity contribution in [1.82, 2.24) is 30.1 Å². The summed E-state index contributed by atoms with van der Waals surface area (Å²) in [5.41, 5.74) is 5.31. The van der Waals surface area contributed by atoms with E-state index < -0.39 is 5.91 Å². The second kappa shape index (κ2) is 13.4. The predicted molar refractivity (Wildman–Crippen MR) is 169 cm³/mol. The first kappa shape index (κ1) is 29.5. The van der Waals surface area contributed by atoms with Gasteiger partial charge in [-0.1, -0.05) is 30.4 Å². The Morgan fingerprint density at radius 2 is 1.60 bits per heavy atom. The zero-order chi connectivity index (χ0) is 31.2. The smallest absolute Gasteiger partial charge is 0.272 e. The molecule has 5 aromatic rings. The van der Waals surface area contributed by atoms with Crippen LogP contribution in [0, 0.1) is 0 Å². The summed E-state index contributed by atoms with van der Waals surface area (Å²) in [4.78, 5) is 43.5. The number of morpholine rings is 1. The molecule has 4 heterocycles. The quantitative estimate of drug-likeness (QED) is 0.175. The van der Waals surface area contributed by atoms with E-state index in [1.165, 1.54) is 0 Å². The Kier molecular flexibility index (Phi) is 8.80. The first-order chi connectivity index (χ1) is 21.9. The van der Waals surface area contributed by atoms with E-state index in [4.69, 9.17) is 9.37 Å².